The minimum atomic E-state index is -0.111. The Kier molecular flexibility index (Phi) is 9.49. The fourth-order valence-corrected chi connectivity index (χ4v) is 6.22. The standard InChI is InChI=1S/C31H29IN4O4S/c1-3-39-27-17-21(16-26(32)29(27)40-20-23-7-5-4-6-22(23)19-33)18-28-30(37)35(2)31(41-28)34-24-8-10-25(11-9-24)36-12-14-38-15-13-36/h4-11,16-18H,3,12-15,20H2,1-2H3/b28-18-,34-31?. The highest BCUT2D eigenvalue weighted by molar-refractivity contribution is 14.1. The second-order valence-corrected chi connectivity index (χ2v) is 11.5. The molecule has 0 spiro atoms. The molecule has 2 aliphatic heterocycles. The first-order valence-electron chi connectivity index (χ1n) is 13.2. The summed E-state index contributed by atoms with van der Waals surface area (Å²) in [5, 5.41) is 10.0. The zero-order chi connectivity index (χ0) is 28.8. The van der Waals surface area contributed by atoms with Gasteiger partial charge in [0.1, 0.15) is 6.61 Å². The van der Waals surface area contributed by atoms with Gasteiger partial charge >= 0.3 is 0 Å². The third-order valence-electron chi connectivity index (χ3n) is 6.59. The highest BCUT2D eigenvalue weighted by Gasteiger charge is 2.30. The summed E-state index contributed by atoms with van der Waals surface area (Å²) in [4.78, 5) is 22.3. The van der Waals surface area contributed by atoms with Gasteiger partial charge in [0, 0.05) is 31.4 Å². The number of nitriles is 1. The van der Waals surface area contributed by atoms with Crippen LogP contribution in [0.5, 0.6) is 11.5 Å². The van der Waals surface area contributed by atoms with Crippen molar-refractivity contribution in [3.05, 3.63) is 85.8 Å². The zero-order valence-electron chi connectivity index (χ0n) is 22.8. The number of morpholine rings is 1. The molecule has 2 aliphatic rings. The minimum Gasteiger partial charge on any atom is -0.490 e. The molecule has 2 saturated heterocycles. The fraction of sp³-hybridized carbons (Fsp3) is 0.258. The summed E-state index contributed by atoms with van der Waals surface area (Å²) in [5.74, 6) is 1.08. The summed E-state index contributed by atoms with van der Waals surface area (Å²) in [6.45, 7) is 5.84. The molecule has 0 aromatic heterocycles. The van der Waals surface area contributed by atoms with Crippen molar-refractivity contribution in [2.45, 2.75) is 13.5 Å². The van der Waals surface area contributed by atoms with E-state index in [1.54, 1.807) is 18.0 Å². The number of halogens is 1. The van der Waals surface area contributed by atoms with E-state index < -0.39 is 0 Å². The highest BCUT2D eigenvalue weighted by Crippen LogP contribution is 2.38. The Bertz CT molecular complexity index is 1530. The van der Waals surface area contributed by atoms with Gasteiger partial charge in [0.25, 0.3) is 5.91 Å². The van der Waals surface area contributed by atoms with Crippen molar-refractivity contribution in [1.82, 2.24) is 4.90 Å². The molecule has 0 aliphatic carbocycles. The molecule has 3 aromatic rings. The Morgan fingerprint density at radius 2 is 1.88 bits per heavy atom. The normalized spacial score (nSPS) is 17.3. The van der Waals surface area contributed by atoms with Crippen LogP contribution in [-0.2, 0) is 16.1 Å². The summed E-state index contributed by atoms with van der Waals surface area (Å²) in [6.07, 6.45) is 1.85. The molecule has 0 saturated carbocycles. The smallest absolute Gasteiger partial charge is 0.266 e. The SMILES string of the molecule is CCOc1cc(/C=C2\SC(=Nc3ccc(N4CCOCC4)cc3)N(C)C2=O)cc(I)c1OCc1ccccc1C#N. The van der Waals surface area contributed by atoms with E-state index >= 15 is 0 Å². The third kappa shape index (κ3) is 6.86. The molecule has 41 heavy (non-hydrogen) atoms. The van der Waals surface area contributed by atoms with Crippen LogP contribution in [0, 0.1) is 14.9 Å². The average molecular weight is 681 g/mol. The lowest BCUT2D eigenvalue weighted by Gasteiger charge is -2.28. The van der Waals surface area contributed by atoms with Gasteiger partial charge < -0.3 is 19.1 Å². The van der Waals surface area contributed by atoms with E-state index in [4.69, 9.17) is 19.2 Å². The Morgan fingerprint density at radius 1 is 1.12 bits per heavy atom. The molecule has 5 rings (SSSR count). The van der Waals surface area contributed by atoms with Gasteiger partial charge in [-0.05, 0) is 95.4 Å². The monoisotopic (exact) mass is 680 g/mol. The number of benzene rings is 3. The van der Waals surface area contributed by atoms with Gasteiger partial charge in [-0.3, -0.25) is 9.69 Å². The predicted octanol–water partition coefficient (Wildman–Crippen LogP) is 6.21. The van der Waals surface area contributed by atoms with Crippen molar-refractivity contribution < 1.29 is 19.0 Å². The van der Waals surface area contributed by atoms with Gasteiger partial charge in [0.05, 0.1) is 45.6 Å². The second-order valence-electron chi connectivity index (χ2n) is 9.31. The first-order chi connectivity index (χ1) is 20.0. The topological polar surface area (TPSA) is 87.4 Å². The van der Waals surface area contributed by atoms with Crippen molar-refractivity contribution in [1.29, 1.82) is 5.26 Å². The maximum atomic E-state index is 13.1. The number of aliphatic imine (C=N–C) groups is 1. The second kappa shape index (κ2) is 13.4. The quantitative estimate of drug-likeness (QED) is 0.207. The number of rotatable bonds is 8. The van der Waals surface area contributed by atoms with Crippen LogP contribution < -0.4 is 14.4 Å². The van der Waals surface area contributed by atoms with Crippen LogP contribution in [-0.4, -0.2) is 55.9 Å². The van der Waals surface area contributed by atoms with Crippen LogP contribution >= 0.6 is 34.4 Å². The molecule has 0 N–H and O–H groups in total. The number of thioether (sulfide) groups is 1. The molecule has 2 heterocycles. The summed E-state index contributed by atoms with van der Waals surface area (Å²) in [6, 6.07) is 21.5. The predicted molar refractivity (Wildman–Crippen MR) is 171 cm³/mol. The summed E-state index contributed by atoms with van der Waals surface area (Å²) < 4.78 is 18.3. The number of hydrogen-bond acceptors (Lipinski definition) is 8. The summed E-state index contributed by atoms with van der Waals surface area (Å²) in [5.41, 5.74) is 4.13. The molecule has 0 bridgehead atoms. The van der Waals surface area contributed by atoms with Gasteiger partial charge in [0.2, 0.25) is 0 Å². The Morgan fingerprint density at radius 3 is 2.61 bits per heavy atom. The number of anilines is 1. The zero-order valence-corrected chi connectivity index (χ0v) is 25.8. The van der Waals surface area contributed by atoms with Crippen LogP contribution in [0.3, 0.4) is 0 Å². The number of carbonyl (C=O) groups excluding carboxylic acids is 1. The molecule has 10 heteroatoms. The van der Waals surface area contributed by atoms with E-state index in [1.807, 2.05) is 55.5 Å². The minimum absolute atomic E-state index is 0.111. The summed E-state index contributed by atoms with van der Waals surface area (Å²) in [7, 11) is 1.74. The van der Waals surface area contributed by atoms with Crippen molar-refractivity contribution in [2.75, 3.05) is 44.9 Å². The molecular weight excluding hydrogens is 651 g/mol. The number of hydrogen-bond donors (Lipinski definition) is 0. The van der Waals surface area contributed by atoms with Gasteiger partial charge in [-0.2, -0.15) is 5.26 Å². The lowest BCUT2D eigenvalue weighted by molar-refractivity contribution is -0.121. The number of carbonyl (C=O) groups is 1. The van der Waals surface area contributed by atoms with Crippen molar-refractivity contribution in [3.63, 3.8) is 0 Å². The van der Waals surface area contributed by atoms with E-state index in [1.165, 1.54) is 11.8 Å². The van der Waals surface area contributed by atoms with Gasteiger partial charge in [-0.15, -0.1) is 0 Å². The average Bonchev–Trinajstić information content (AvgIpc) is 3.25. The van der Waals surface area contributed by atoms with Gasteiger partial charge in [0.15, 0.2) is 16.7 Å². The number of amides is 1. The van der Waals surface area contributed by atoms with Crippen molar-refractivity contribution in [2.24, 2.45) is 4.99 Å². The maximum absolute atomic E-state index is 13.1. The third-order valence-corrected chi connectivity index (χ3v) is 8.45. The molecule has 210 valence electrons. The molecule has 0 atom stereocenters. The molecule has 0 unspecified atom stereocenters. The van der Waals surface area contributed by atoms with E-state index in [0.29, 0.717) is 33.7 Å². The van der Waals surface area contributed by atoms with Gasteiger partial charge in [-0.25, -0.2) is 4.99 Å². The molecule has 0 radical (unpaired) electrons. The van der Waals surface area contributed by atoms with Crippen LogP contribution in [0.1, 0.15) is 23.6 Å². The largest absolute Gasteiger partial charge is 0.490 e. The first kappa shape index (κ1) is 29.0. The van der Waals surface area contributed by atoms with Crippen LogP contribution in [0.4, 0.5) is 11.4 Å². The molecule has 1 amide bonds. The Balaban J connectivity index is 1.34. The first-order valence-corrected chi connectivity index (χ1v) is 15.1. The lowest BCUT2D eigenvalue weighted by atomic mass is 10.1. The molecule has 2 fully saturated rings. The summed E-state index contributed by atoms with van der Waals surface area (Å²) >= 11 is 3.56. The fourth-order valence-electron chi connectivity index (χ4n) is 4.45. The number of likely N-dealkylation sites (N-methyl/N-ethyl adjacent to an activating group) is 1. The Labute approximate surface area is 257 Å². The van der Waals surface area contributed by atoms with E-state index in [0.717, 1.165) is 52.4 Å². The number of amidine groups is 1. The number of nitrogens with zero attached hydrogens (tertiary/aromatic N) is 4. The van der Waals surface area contributed by atoms with E-state index in [-0.39, 0.29) is 12.5 Å². The maximum Gasteiger partial charge on any atom is 0.266 e. The molecule has 8 nitrogen and oxygen atoms in total. The van der Waals surface area contributed by atoms with Gasteiger partial charge in [-0.1, -0.05) is 18.2 Å². The van der Waals surface area contributed by atoms with Crippen molar-refractivity contribution in [3.8, 4) is 17.6 Å². The van der Waals surface area contributed by atoms with Crippen molar-refractivity contribution >= 4 is 62.9 Å². The van der Waals surface area contributed by atoms with E-state index in [2.05, 4.69) is 45.7 Å². The van der Waals surface area contributed by atoms with Crippen LogP contribution in [0.25, 0.3) is 6.08 Å². The Hall–Kier alpha value is -3.53. The molecule has 3 aromatic carbocycles. The van der Waals surface area contributed by atoms with Crippen LogP contribution in [0.2, 0.25) is 0 Å². The highest BCUT2D eigenvalue weighted by atomic mass is 127. The van der Waals surface area contributed by atoms with Crippen LogP contribution in [0.15, 0.2) is 70.6 Å². The van der Waals surface area contributed by atoms with E-state index in [9.17, 15) is 10.1 Å². The lowest BCUT2D eigenvalue weighted by Crippen LogP contribution is -2.36. The number of ether oxygens (including phenoxy) is 3. The molecular formula is C31H29IN4O4S.